The molecule has 0 atom stereocenters. The monoisotopic (exact) mass is 393 g/mol. The van der Waals surface area contributed by atoms with E-state index in [2.05, 4.69) is 4.98 Å². The number of ether oxygens (including phenoxy) is 1. The van der Waals surface area contributed by atoms with Crippen LogP contribution in [0, 0.1) is 25.5 Å². The minimum Gasteiger partial charge on any atom is -0.461 e. The van der Waals surface area contributed by atoms with Gasteiger partial charge in [-0.05, 0) is 50.1 Å². The number of sulfone groups is 1. The molecule has 0 radical (unpaired) electrons. The van der Waals surface area contributed by atoms with Gasteiger partial charge < -0.3 is 9.72 Å². The summed E-state index contributed by atoms with van der Waals surface area (Å²) in [6, 6.07) is 6.16. The van der Waals surface area contributed by atoms with Crippen LogP contribution in [-0.4, -0.2) is 26.0 Å². The zero-order chi connectivity index (χ0) is 19.9. The quantitative estimate of drug-likeness (QED) is 0.678. The molecule has 0 unspecified atom stereocenters. The van der Waals surface area contributed by atoms with Gasteiger partial charge in [-0.1, -0.05) is 6.07 Å². The number of aryl methyl sites for hydroxylation is 2. The molecule has 0 aliphatic rings. The van der Waals surface area contributed by atoms with Gasteiger partial charge in [-0.15, -0.1) is 0 Å². The Bertz CT molecular complexity index is 1150. The van der Waals surface area contributed by atoms with Gasteiger partial charge >= 0.3 is 5.97 Å². The van der Waals surface area contributed by atoms with Crippen molar-refractivity contribution >= 4 is 26.7 Å². The van der Waals surface area contributed by atoms with E-state index in [-0.39, 0.29) is 22.4 Å². The molecule has 1 N–H and O–H groups in total. The molecule has 0 amide bonds. The molecule has 0 fully saturated rings. The van der Waals surface area contributed by atoms with Crippen LogP contribution in [0.1, 0.15) is 28.5 Å². The van der Waals surface area contributed by atoms with Gasteiger partial charge in [0.1, 0.15) is 22.2 Å². The maximum Gasteiger partial charge on any atom is 0.356 e. The Balaban J connectivity index is 2.40. The van der Waals surface area contributed by atoms with Crippen molar-refractivity contribution in [2.45, 2.75) is 30.6 Å². The summed E-state index contributed by atoms with van der Waals surface area (Å²) < 4.78 is 59.5. The SMILES string of the molecule is CCOC(=O)c1[nH]c2c(F)cc(F)cc2c1S(=O)(=O)c1cc(C)cc(C)c1. The van der Waals surface area contributed by atoms with Crippen molar-refractivity contribution in [2.75, 3.05) is 6.61 Å². The Morgan fingerprint density at radius 1 is 1.07 bits per heavy atom. The second kappa shape index (κ2) is 6.77. The normalized spacial score (nSPS) is 11.7. The third kappa shape index (κ3) is 3.32. The molecule has 27 heavy (non-hydrogen) atoms. The van der Waals surface area contributed by atoms with Gasteiger partial charge in [0.05, 0.1) is 17.0 Å². The fourth-order valence-electron chi connectivity index (χ4n) is 3.03. The summed E-state index contributed by atoms with van der Waals surface area (Å²) in [6.07, 6.45) is 0. The summed E-state index contributed by atoms with van der Waals surface area (Å²) >= 11 is 0. The van der Waals surface area contributed by atoms with Crippen LogP contribution in [0.15, 0.2) is 40.1 Å². The van der Waals surface area contributed by atoms with Crippen LogP contribution in [0.4, 0.5) is 8.78 Å². The van der Waals surface area contributed by atoms with E-state index in [9.17, 15) is 22.0 Å². The second-order valence-electron chi connectivity index (χ2n) is 6.19. The number of hydrogen-bond donors (Lipinski definition) is 1. The molecule has 0 aliphatic carbocycles. The van der Waals surface area contributed by atoms with Crippen LogP contribution >= 0.6 is 0 Å². The van der Waals surface area contributed by atoms with Crippen molar-refractivity contribution in [2.24, 2.45) is 0 Å². The van der Waals surface area contributed by atoms with Gasteiger partial charge in [-0.3, -0.25) is 0 Å². The topological polar surface area (TPSA) is 76.2 Å². The number of hydrogen-bond acceptors (Lipinski definition) is 4. The van der Waals surface area contributed by atoms with Crippen molar-refractivity contribution in [3.05, 3.63) is 58.8 Å². The van der Waals surface area contributed by atoms with Crippen molar-refractivity contribution < 1.29 is 26.7 Å². The number of fused-ring (bicyclic) bond motifs is 1. The van der Waals surface area contributed by atoms with E-state index in [1.807, 2.05) is 0 Å². The highest BCUT2D eigenvalue weighted by Gasteiger charge is 2.32. The highest BCUT2D eigenvalue weighted by atomic mass is 32.2. The van der Waals surface area contributed by atoms with Gasteiger partial charge in [-0.2, -0.15) is 0 Å². The van der Waals surface area contributed by atoms with Crippen molar-refractivity contribution in [1.29, 1.82) is 0 Å². The number of esters is 1. The minimum atomic E-state index is -4.26. The van der Waals surface area contributed by atoms with Gasteiger partial charge in [0.15, 0.2) is 0 Å². The minimum absolute atomic E-state index is 0.00587. The number of carbonyl (C=O) groups is 1. The molecule has 2 aromatic carbocycles. The number of aromatic nitrogens is 1. The van der Waals surface area contributed by atoms with Crippen molar-refractivity contribution in [3.63, 3.8) is 0 Å². The molecule has 5 nitrogen and oxygen atoms in total. The Hall–Kier alpha value is -2.74. The smallest absolute Gasteiger partial charge is 0.356 e. The van der Waals surface area contributed by atoms with Crippen LogP contribution in [0.5, 0.6) is 0 Å². The molecule has 0 spiro atoms. The first kappa shape index (κ1) is 19.0. The predicted molar refractivity (Wildman–Crippen MR) is 95.5 cm³/mol. The number of nitrogens with one attached hydrogen (secondary N) is 1. The van der Waals surface area contributed by atoms with E-state index in [0.29, 0.717) is 17.2 Å². The lowest BCUT2D eigenvalue weighted by molar-refractivity contribution is 0.0516. The maximum absolute atomic E-state index is 14.2. The molecule has 0 bridgehead atoms. The molecule has 0 saturated carbocycles. The number of halogens is 2. The van der Waals surface area contributed by atoms with Crippen LogP contribution in [0.2, 0.25) is 0 Å². The first-order chi connectivity index (χ1) is 12.6. The summed E-state index contributed by atoms with van der Waals surface area (Å²) in [6.45, 7) is 5.01. The lowest BCUT2D eigenvalue weighted by atomic mass is 10.2. The standard InChI is InChI=1S/C19H17F2NO4S/c1-4-26-19(23)17-18(14-8-12(20)9-15(21)16(14)22-17)27(24,25)13-6-10(2)5-11(3)7-13/h5-9,22H,4H2,1-3H3. The molecule has 1 heterocycles. The van der Waals surface area contributed by atoms with Crippen molar-refractivity contribution in [1.82, 2.24) is 4.98 Å². The molecular formula is C19H17F2NO4S. The Labute approximate surface area is 154 Å². The molecule has 3 rings (SSSR count). The largest absolute Gasteiger partial charge is 0.461 e. The number of rotatable bonds is 4. The number of H-pyrrole nitrogens is 1. The van der Waals surface area contributed by atoms with E-state index in [1.165, 1.54) is 12.1 Å². The highest BCUT2D eigenvalue weighted by Crippen LogP contribution is 2.34. The molecule has 0 saturated heterocycles. The summed E-state index contributed by atoms with van der Waals surface area (Å²) in [4.78, 5) is 14.2. The van der Waals surface area contributed by atoms with E-state index >= 15 is 0 Å². The highest BCUT2D eigenvalue weighted by molar-refractivity contribution is 7.91. The first-order valence-electron chi connectivity index (χ1n) is 8.16. The Morgan fingerprint density at radius 2 is 1.70 bits per heavy atom. The van der Waals surface area contributed by atoms with Crippen molar-refractivity contribution in [3.8, 4) is 0 Å². The molecule has 8 heteroatoms. The Morgan fingerprint density at radius 3 is 2.30 bits per heavy atom. The Kier molecular flexibility index (Phi) is 4.77. The predicted octanol–water partition coefficient (Wildman–Crippen LogP) is 4.07. The van der Waals surface area contributed by atoms with Gasteiger partial charge in [0.25, 0.3) is 0 Å². The molecular weight excluding hydrogens is 376 g/mol. The molecule has 142 valence electrons. The van der Waals surface area contributed by atoms with Gasteiger partial charge in [0.2, 0.25) is 9.84 Å². The first-order valence-corrected chi connectivity index (χ1v) is 9.64. The fraction of sp³-hybridized carbons (Fsp3) is 0.211. The number of carbonyl (C=O) groups excluding carboxylic acids is 1. The molecule has 0 aliphatic heterocycles. The van der Waals surface area contributed by atoms with E-state index in [0.717, 1.165) is 6.07 Å². The molecule has 1 aromatic heterocycles. The summed E-state index contributed by atoms with van der Waals surface area (Å²) in [7, 11) is -4.26. The maximum atomic E-state index is 14.2. The van der Waals surface area contributed by atoms with Gasteiger partial charge in [-0.25, -0.2) is 22.0 Å². The average Bonchev–Trinajstić information content (AvgIpc) is 2.94. The van der Waals surface area contributed by atoms with Crippen LogP contribution in [0.3, 0.4) is 0 Å². The lowest BCUT2D eigenvalue weighted by Gasteiger charge is -2.09. The second-order valence-corrected chi connectivity index (χ2v) is 8.07. The zero-order valence-corrected chi connectivity index (χ0v) is 15.7. The van der Waals surface area contributed by atoms with E-state index in [4.69, 9.17) is 4.74 Å². The average molecular weight is 393 g/mol. The van der Waals surface area contributed by atoms with E-state index in [1.54, 1.807) is 26.8 Å². The molecule has 3 aromatic rings. The van der Waals surface area contributed by atoms with E-state index < -0.39 is 38.0 Å². The lowest BCUT2D eigenvalue weighted by Crippen LogP contribution is -2.12. The summed E-state index contributed by atoms with van der Waals surface area (Å²) in [5.74, 6) is -2.92. The third-order valence-corrected chi connectivity index (χ3v) is 5.85. The van der Waals surface area contributed by atoms with Crippen LogP contribution in [-0.2, 0) is 14.6 Å². The summed E-state index contributed by atoms with van der Waals surface area (Å²) in [5, 5.41) is -0.241. The van der Waals surface area contributed by atoms with Crippen LogP contribution in [0.25, 0.3) is 10.9 Å². The number of aromatic amines is 1. The summed E-state index contributed by atoms with van der Waals surface area (Å²) in [5.41, 5.74) is 0.685. The number of benzene rings is 2. The third-order valence-electron chi connectivity index (χ3n) is 4.03. The van der Waals surface area contributed by atoms with Crippen LogP contribution < -0.4 is 0 Å². The zero-order valence-electron chi connectivity index (χ0n) is 14.9. The van der Waals surface area contributed by atoms with Gasteiger partial charge in [0, 0.05) is 11.5 Å². The fourth-order valence-corrected chi connectivity index (χ4v) is 4.80.